The molecule has 61 heavy (non-hydrogen) atoms. The van der Waals surface area contributed by atoms with Crippen molar-refractivity contribution in [2.75, 3.05) is 26.4 Å². The van der Waals surface area contributed by atoms with Crippen LogP contribution in [0.5, 0.6) is 0 Å². The number of carbonyl (C=O) groups excluding carboxylic acids is 2. The summed E-state index contributed by atoms with van der Waals surface area (Å²) >= 11 is 0. The second kappa shape index (κ2) is 46.2. The van der Waals surface area contributed by atoms with E-state index in [0.717, 1.165) is 51.4 Å². The highest BCUT2D eigenvalue weighted by atomic mass is 31.2. The number of rotatable bonds is 47. The summed E-state index contributed by atoms with van der Waals surface area (Å²) in [5.74, 6) is -0.924. The molecule has 3 N–H and O–H groups in total. The van der Waals surface area contributed by atoms with Gasteiger partial charge >= 0.3 is 19.8 Å². The average molecular weight is 885 g/mol. The molecule has 11 heteroatoms. The summed E-state index contributed by atoms with van der Waals surface area (Å²) in [6.07, 6.45) is 49.6. The number of allylic oxidation sites excluding steroid dienone is 6. The molecule has 0 aromatic carbocycles. The molecule has 358 valence electrons. The number of ether oxygens (including phenoxy) is 2. The van der Waals surface area contributed by atoms with Crippen LogP contribution in [-0.4, -0.2) is 65.7 Å². The predicted octanol–water partition coefficient (Wildman–Crippen LogP) is 13.9. The molecule has 0 radical (unpaired) electrons. The zero-order valence-electron chi connectivity index (χ0n) is 39.1. The van der Waals surface area contributed by atoms with E-state index < -0.39 is 51.8 Å². The first-order valence-electron chi connectivity index (χ1n) is 24.9. The lowest BCUT2D eigenvalue weighted by Crippen LogP contribution is -2.29. The number of unbranched alkanes of at least 4 members (excludes halogenated alkanes) is 27. The third-order valence-electron chi connectivity index (χ3n) is 10.8. The maximum Gasteiger partial charge on any atom is 0.472 e. The molecule has 0 spiro atoms. The summed E-state index contributed by atoms with van der Waals surface area (Å²) in [5, 5.41) is 18.4. The standard InChI is InChI=1S/C50H93O10P/c1-3-5-7-9-11-13-15-17-19-21-23-25-27-29-31-33-35-37-39-41-49(53)57-45-48(46-59-61(55,56)58-44-47(52)43-51)60-50(54)42-40-38-36-34-32-30-28-26-24-22-20-18-16-14-12-10-8-6-4-2/h12,14,17-20,47-48,51-52H,3-11,13,15-16,21-46H2,1-2H3,(H,55,56)/b14-12+,19-17+,20-18+/t47-,48+/m0/s1. The van der Waals surface area contributed by atoms with Gasteiger partial charge in [0.25, 0.3) is 0 Å². The Labute approximate surface area is 373 Å². The number of phosphoric acid groups is 1. The lowest BCUT2D eigenvalue weighted by molar-refractivity contribution is -0.161. The maximum absolute atomic E-state index is 12.7. The fraction of sp³-hybridized carbons (Fsp3) is 0.840. The molecule has 0 aliphatic carbocycles. The summed E-state index contributed by atoms with van der Waals surface area (Å²) < 4.78 is 32.8. The smallest absolute Gasteiger partial charge is 0.462 e. The molecule has 10 nitrogen and oxygen atoms in total. The SMILES string of the molecule is CCCCC/C=C/C/C=C/CCCCCCCCCCCC(=O)O[C@H](COC(=O)CCCCCCCCCCC/C=C/CCCCCCCC)COP(=O)(O)OC[C@@H](O)CO. The monoisotopic (exact) mass is 885 g/mol. The van der Waals surface area contributed by atoms with Crippen molar-refractivity contribution in [3.8, 4) is 0 Å². The van der Waals surface area contributed by atoms with Gasteiger partial charge in [0.15, 0.2) is 6.10 Å². The molecular formula is C50H93O10P. The predicted molar refractivity (Wildman–Crippen MR) is 251 cm³/mol. The third-order valence-corrected chi connectivity index (χ3v) is 11.7. The topological polar surface area (TPSA) is 149 Å². The van der Waals surface area contributed by atoms with Crippen LogP contribution < -0.4 is 0 Å². The number of hydrogen-bond donors (Lipinski definition) is 3. The van der Waals surface area contributed by atoms with Crippen molar-refractivity contribution in [1.29, 1.82) is 0 Å². The highest BCUT2D eigenvalue weighted by molar-refractivity contribution is 7.47. The van der Waals surface area contributed by atoms with Gasteiger partial charge in [-0.3, -0.25) is 18.6 Å². The van der Waals surface area contributed by atoms with E-state index in [1.807, 2.05) is 0 Å². The highest BCUT2D eigenvalue weighted by Gasteiger charge is 2.27. The Kier molecular flexibility index (Phi) is 44.8. The van der Waals surface area contributed by atoms with E-state index >= 15 is 0 Å². The minimum Gasteiger partial charge on any atom is -0.462 e. The molecule has 3 atom stereocenters. The second-order valence-electron chi connectivity index (χ2n) is 16.8. The molecule has 0 saturated heterocycles. The summed E-state index contributed by atoms with van der Waals surface area (Å²) in [5.41, 5.74) is 0. The lowest BCUT2D eigenvalue weighted by Gasteiger charge is -2.20. The van der Waals surface area contributed by atoms with Crippen molar-refractivity contribution in [2.24, 2.45) is 0 Å². The Bertz CT molecular complexity index is 1110. The Hall–Kier alpha value is -1.81. The molecule has 0 amide bonds. The van der Waals surface area contributed by atoms with E-state index in [1.54, 1.807) is 0 Å². The van der Waals surface area contributed by atoms with Crippen LogP contribution >= 0.6 is 7.82 Å². The number of aliphatic hydroxyl groups is 2. The van der Waals surface area contributed by atoms with Crippen LogP contribution in [0.3, 0.4) is 0 Å². The zero-order valence-corrected chi connectivity index (χ0v) is 40.0. The van der Waals surface area contributed by atoms with Crippen molar-refractivity contribution in [3.63, 3.8) is 0 Å². The van der Waals surface area contributed by atoms with Crippen LogP contribution in [0.1, 0.15) is 232 Å². The van der Waals surface area contributed by atoms with Gasteiger partial charge in [0, 0.05) is 12.8 Å². The minimum atomic E-state index is -4.62. The fourth-order valence-electron chi connectivity index (χ4n) is 6.90. The van der Waals surface area contributed by atoms with E-state index in [9.17, 15) is 24.2 Å². The van der Waals surface area contributed by atoms with E-state index in [-0.39, 0.29) is 19.4 Å². The Balaban J connectivity index is 4.20. The maximum atomic E-state index is 12.7. The van der Waals surface area contributed by atoms with Gasteiger partial charge in [0.05, 0.1) is 19.8 Å². The van der Waals surface area contributed by atoms with Crippen molar-refractivity contribution in [2.45, 2.75) is 244 Å². The lowest BCUT2D eigenvalue weighted by atomic mass is 10.1. The van der Waals surface area contributed by atoms with Crippen LogP contribution in [-0.2, 0) is 32.7 Å². The minimum absolute atomic E-state index is 0.180. The molecule has 0 aliphatic rings. The molecule has 0 saturated carbocycles. The molecule has 0 aromatic heterocycles. The Morgan fingerprint density at radius 1 is 0.492 bits per heavy atom. The molecule has 0 bridgehead atoms. The van der Waals surface area contributed by atoms with Gasteiger partial charge in [-0.25, -0.2) is 4.57 Å². The van der Waals surface area contributed by atoms with Crippen LogP contribution in [0.4, 0.5) is 0 Å². The zero-order chi connectivity index (χ0) is 44.8. The summed E-state index contributed by atoms with van der Waals surface area (Å²) in [6, 6.07) is 0. The Morgan fingerprint density at radius 2 is 0.852 bits per heavy atom. The average Bonchev–Trinajstić information content (AvgIpc) is 3.25. The molecule has 0 fully saturated rings. The molecular weight excluding hydrogens is 792 g/mol. The largest absolute Gasteiger partial charge is 0.472 e. The van der Waals surface area contributed by atoms with Gasteiger partial charge in [-0.15, -0.1) is 0 Å². The van der Waals surface area contributed by atoms with E-state index in [0.29, 0.717) is 12.8 Å². The van der Waals surface area contributed by atoms with Crippen LogP contribution in [0.15, 0.2) is 36.5 Å². The quantitative estimate of drug-likeness (QED) is 0.0233. The summed E-state index contributed by atoms with van der Waals surface area (Å²) in [4.78, 5) is 35.1. The number of carbonyl (C=O) groups is 2. The molecule has 0 heterocycles. The van der Waals surface area contributed by atoms with Gasteiger partial charge in [-0.1, -0.05) is 185 Å². The van der Waals surface area contributed by atoms with Gasteiger partial charge in [0.1, 0.15) is 12.7 Å². The van der Waals surface area contributed by atoms with Gasteiger partial charge < -0.3 is 24.6 Å². The van der Waals surface area contributed by atoms with Crippen molar-refractivity contribution >= 4 is 19.8 Å². The number of phosphoric ester groups is 1. The van der Waals surface area contributed by atoms with Gasteiger partial charge in [0.2, 0.25) is 0 Å². The summed E-state index contributed by atoms with van der Waals surface area (Å²) in [6.45, 7) is 2.38. The Morgan fingerprint density at radius 3 is 1.31 bits per heavy atom. The van der Waals surface area contributed by atoms with Crippen molar-refractivity contribution < 1.29 is 47.8 Å². The highest BCUT2D eigenvalue weighted by Crippen LogP contribution is 2.43. The first-order chi connectivity index (χ1) is 29.7. The number of esters is 2. The van der Waals surface area contributed by atoms with Crippen LogP contribution in [0, 0.1) is 0 Å². The third kappa shape index (κ3) is 46.0. The normalized spacial score (nSPS) is 14.0. The van der Waals surface area contributed by atoms with E-state index in [1.165, 1.54) is 141 Å². The van der Waals surface area contributed by atoms with Crippen molar-refractivity contribution in [3.05, 3.63) is 36.5 Å². The summed E-state index contributed by atoms with van der Waals surface area (Å²) in [7, 11) is -4.62. The first-order valence-corrected chi connectivity index (χ1v) is 26.4. The number of hydrogen-bond acceptors (Lipinski definition) is 9. The van der Waals surface area contributed by atoms with Gasteiger partial charge in [-0.2, -0.15) is 0 Å². The second-order valence-corrected chi connectivity index (χ2v) is 18.3. The van der Waals surface area contributed by atoms with Crippen molar-refractivity contribution in [1.82, 2.24) is 0 Å². The van der Waals surface area contributed by atoms with Gasteiger partial charge in [-0.05, 0) is 70.6 Å². The molecule has 1 unspecified atom stereocenters. The van der Waals surface area contributed by atoms with E-state index in [4.69, 9.17) is 23.6 Å². The molecule has 0 aromatic rings. The number of aliphatic hydroxyl groups excluding tert-OH is 2. The first kappa shape index (κ1) is 59.2. The van der Waals surface area contributed by atoms with Crippen LogP contribution in [0.2, 0.25) is 0 Å². The molecule has 0 rings (SSSR count). The molecule has 0 aliphatic heterocycles. The van der Waals surface area contributed by atoms with Crippen LogP contribution in [0.25, 0.3) is 0 Å². The fourth-order valence-corrected chi connectivity index (χ4v) is 7.69. The van der Waals surface area contributed by atoms with E-state index in [2.05, 4.69) is 50.3 Å².